The van der Waals surface area contributed by atoms with E-state index in [0.29, 0.717) is 11.5 Å². The van der Waals surface area contributed by atoms with Crippen LogP contribution >= 0.6 is 0 Å². The number of carboxylic acid groups (broad SMARTS) is 1. The maximum atomic E-state index is 11.2. The van der Waals surface area contributed by atoms with Crippen LogP contribution in [-0.2, 0) is 6.42 Å². The third kappa shape index (κ3) is 3.13. The molecule has 0 fully saturated rings. The molecule has 0 saturated carbocycles. The topological polar surface area (TPSA) is 46.5 Å². The molecular formula is C16H16O3. The van der Waals surface area contributed by atoms with Gasteiger partial charge in [0.05, 0.1) is 0 Å². The van der Waals surface area contributed by atoms with Gasteiger partial charge >= 0.3 is 5.97 Å². The lowest BCUT2D eigenvalue weighted by atomic mass is 10.1. The molecule has 0 heterocycles. The Morgan fingerprint density at radius 3 is 2.42 bits per heavy atom. The summed E-state index contributed by atoms with van der Waals surface area (Å²) in [7, 11) is 0. The van der Waals surface area contributed by atoms with E-state index in [0.717, 1.165) is 12.0 Å². The lowest BCUT2D eigenvalue weighted by molar-refractivity contribution is 0.0694. The van der Waals surface area contributed by atoms with Crippen molar-refractivity contribution in [1.29, 1.82) is 0 Å². The Kier molecular flexibility index (Phi) is 3.85. The molecule has 3 heteroatoms. The van der Waals surface area contributed by atoms with E-state index < -0.39 is 5.97 Å². The average Bonchev–Trinajstić information content (AvgIpc) is 2.41. The van der Waals surface area contributed by atoms with Gasteiger partial charge in [0.1, 0.15) is 17.1 Å². The number of carboxylic acids is 1. The van der Waals surface area contributed by atoms with Crippen LogP contribution < -0.4 is 4.74 Å². The number of benzene rings is 2. The van der Waals surface area contributed by atoms with Gasteiger partial charge in [-0.05, 0) is 43.2 Å². The van der Waals surface area contributed by atoms with Crippen molar-refractivity contribution in [3.05, 3.63) is 59.2 Å². The fourth-order valence-corrected chi connectivity index (χ4v) is 1.82. The Balaban J connectivity index is 2.29. The van der Waals surface area contributed by atoms with Crippen LogP contribution in [0.5, 0.6) is 11.5 Å². The van der Waals surface area contributed by atoms with Gasteiger partial charge in [0.25, 0.3) is 0 Å². The average molecular weight is 256 g/mol. The van der Waals surface area contributed by atoms with Crippen LogP contribution in [0.2, 0.25) is 0 Å². The van der Waals surface area contributed by atoms with E-state index in [-0.39, 0.29) is 5.56 Å². The van der Waals surface area contributed by atoms with E-state index in [9.17, 15) is 9.90 Å². The first-order valence-electron chi connectivity index (χ1n) is 6.21. The summed E-state index contributed by atoms with van der Waals surface area (Å²) < 4.78 is 5.64. The summed E-state index contributed by atoms with van der Waals surface area (Å²) >= 11 is 0. The van der Waals surface area contributed by atoms with E-state index in [1.54, 1.807) is 12.1 Å². The van der Waals surface area contributed by atoms with Crippen molar-refractivity contribution in [2.45, 2.75) is 20.3 Å². The summed E-state index contributed by atoms with van der Waals surface area (Å²) in [6, 6.07) is 12.8. The van der Waals surface area contributed by atoms with Crippen molar-refractivity contribution >= 4 is 5.97 Å². The summed E-state index contributed by atoms with van der Waals surface area (Å²) in [5, 5.41) is 9.17. The van der Waals surface area contributed by atoms with E-state index in [1.807, 2.05) is 37.3 Å². The lowest BCUT2D eigenvalue weighted by Crippen LogP contribution is -2.00. The van der Waals surface area contributed by atoms with Crippen LogP contribution in [0.4, 0.5) is 0 Å². The number of carbonyl (C=O) groups is 1. The van der Waals surface area contributed by atoms with Gasteiger partial charge < -0.3 is 9.84 Å². The number of hydrogen-bond donors (Lipinski definition) is 1. The number of hydrogen-bond acceptors (Lipinski definition) is 2. The zero-order chi connectivity index (χ0) is 13.8. The summed E-state index contributed by atoms with van der Waals surface area (Å²) in [6.45, 7) is 3.94. The molecular weight excluding hydrogens is 240 g/mol. The highest BCUT2D eigenvalue weighted by Gasteiger charge is 2.12. The molecule has 98 valence electrons. The van der Waals surface area contributed by atoms with Crippen LogP contribution in [0.3, 0.4) is 0 Å². The van der Waals surface area contributed by atoms with E-state index in [1.165, 1.54) is 5.56 Å². The fourth-order valence-electron chi connectivity index (χ4n) is 1.82. The van der Waals surface area contributed by atoms with Gasteiger partial charge in [-0.15, -0.1) is 0 Å². The Hall–Kier alpha value is -2.29. The van der Waals surface area contributed by atoms with Gasteiger partial charge in [-0.25, -0.2) is 4.79 Å². The molecule has 0 radical (unpaired) electrons. The standard InChI is InChI=1S/C16H16O3/c1-3-12-5-7-13(8-6-12)19-15-9-4-11(2)10-14(15)16(17)18/h4-10H,3H2,1-2H3,(H,17,18). The number of rotatable bonds is 4. The van der Waals surface area contributed by atoms with Crippen molar-refractivity contribution in [2.75, 3.05) is 0 Å². The molecule has 0 unspecified atom stereocenters. The Bertz CT molecular complexity index is 585. The molecule has 0 bridgehead atoms. The molecule has 0 saturated heterocycles. The molecule has 0 aliphatic carbocycles. The maximum Gasteiger partial charge on any atom is 0.339 e. The van der Waals surface area contributed by atoms with E-state index >= 15 is 0 Å². The normalized spacial score (nSPS) is 10.2. The van der Waals surface area contributed by atoms with Crippen molar-refractivity contribution in [1.82, 2.24) is 0 Å². The fraction of sp³-hybridized carbons (Fsp3) is 0.188. The van der Waals surface area contributed by atoms with Crippen molar-refractivity contribution in [3.63, 3.8) is 0 Å². The second-order valence-electron chi connectivity index (χ2n) is 4.40. The smallest absolute Gasteiger partial charge is 0.339 e. The van der Waals surface area contributed by atoms with Gasteiger partial charge in [0.15, 0.2) is 0 Å². The molecule has 0 aliphatic rings. The van der Waals surface area contributed by atoms with Crippen molar-refractivity contribution in [2.24, 2.45) is 0 Å². The highest BCUT2D eigenvalue weighted by molar-refractivity contribution is 5.91. The summed E-state index contributed by atoms with van der Waals surface area (Å²) in [4.78, 5) is 11.2. The molecule has 19 heavy (non-hydrogen) atoms. The van der Waals surface area contributed by atoms with Gasteiger partial charge in [0, 0.05) is 0 Å². The largest absolute Gasteiger partial charge is 0.478 e. The van der Waals surface area contributed by atoms with Crippen LogP contribution in [0.25, 0.3) is 0 Å². The molecule has 0 atom stereocenters. The number of aryl methyl sites for hydroxylation is 2. The molecule has 1 N–H and O–H groups in total. The Morgan fingerprint density at radius 2 is 1.84 bits per heavy atom. The Labute approximate surface area is 112 Å². The molecule has 2 rings (SSSR count). The van der Waals surface area contributed by atoms with Crippen LogP contribution in [0.1, 0.15) is 28.4 Å². The van der Waals surface area contributed by atoms with Gasteiger partial charge in [-0.3, -0.25) is 0 Å². The van der Waals surface area contributed by atoms with Crippen LogP contribution in [0.15, 0.2) is 42.5 Å². The van der Waals surface area contributed by atoms with Gasteiger partial charge in [-0.2, -0.15) is 0 Å². The van der Waals surface area contributed by atoms with Crippen molar-refractivity contribution in [3.8, 4) is 11.5 Å². The zero-order valence-corrected chi connectivity index (χ0v) is 11.0. The van der Waals surface area contributed by atoms with E-state index in [4.69, 9.17) is 4.74 Å². The SMILES string of the molecule is CCc1ccc(Oc2ccc(C)cc2C(=O)O)cc1. The predicted molar refractivity (Wildman–Crippen MR) is 74.0 cm³/mol. The second-order valence-corrected chi connectivity index (χ2v) is 4.40. The molecule has 0 aliphatic heterocycles. The minimum atomic E-state index is -0.983. The van der Waals surface area contributed by atoms with Gasteiger partial charge in [0.2, 0.25) is 0 Å². The molecule has 0 amide bonds. The minimum Gasteiger partial charge on any atom is -0.478 e. The number of aromatic carboxylic acids is 1. The maximum absolute atomic E-state index is 11.2. The molecule has 2 aromatic carbocycles. The summed E-state index contributed by atoms with van der Waals surface area (Å²) in [5.74, 6) is 0.0229. The third-order valence-corrected chi connectivity index (χ3v) is 2.92. The first kappa shape index (κ1) is 13.1. The molecule has 0 spiro atoms. The first-order valence-corrected chi connectivity index (χ1v) is 6.21. The molecule has 2 aromatic rings. The quantitative estimate of drug-likeness (QED) is 0.897. The first-order chi connectivity index (χ1) is 9.10. The van der Waals surface area contributed by atoms with Crippen LogP contribution in [0, 0.1) is 6.92 Å². The summed E-state index contributed by atoms with van der Waals surface area (Å²) in [6.07, 6.45) is 0.963. The van der Waals surface area contributed by atoms with Gasteiger partial charge in [-0.1, -0.05) is 30.7 Å². The third-order valence-electron chi connectivity index (χ3n) is 2.92. The highest BCUT2D eigenvalue weighted by Crippen LogP contribution is 2.26. The zero-order valence-electron chi connectivity index (χ0n) is 11.0. The second kappa shape index (κ2) is 5.57. The predicted octanol–water partition coefficient (Wildman–Crippen LogP) is 4.05. The Morgan fingerprint density at radius 1 is 1.16 bits per heavy atom. The number of ether oxygens (including phenoxy) is 1. The minimum absolute atomic E-state index is 0.180. The molecule has 0 aromatic heterocycles. The lowest BCUT2D eigenvalue weighted by Gasteiger charge is -2.09. The van der Waals surface area contributed by atoms with E-state index in [2.05, 4.69) is 6.92 Å². The summed E-state index contributed by atoms with van der Waals surface area (Å²) in [5.41, 5.74) is 2.29. The highest BCUT2D eigenvalue weighted by atomic mass is 16.5. The van der Waals surface area contributed by atoms with Crippen LogP contribution in [-0.4, -0.2) is 11.1 Å². The molecule has 3 nitrogen and oxygen atoms in total. The monoisotopic (exact) mass is 256 g/mol. The van der Waals surface area contributed by atoms with Crippen molar-refractivity contribution < 1.29 is 14.6 Å².